The van der Waals surface area contributed by atoms with Crippen LogP contribution in [-0.2, 0) is 11.3 Å². The molecule has 4 rings (SSSR count). The zero-order valence-electron chi connectivity index (χ0n) is 20.5. The van der Waals surface area contributed by atoms with Gasteiger partial charge in [0.25, 0.3) is 0 Å². The number of benzene rings is 2. The van der Waals surface area contributed by atoms with E-state index in [9.17, 15) is 14.4 Å². The summed E-state index contributed by atoms with van der Waals surface area (Å²) in [7, 11) is 1.49. The number of fused-ring (bicyclic) bond motifs is 1. The van der Waals surface area contributed by atoms with E-state index in [2.05, 4.69) is 16.0 Å². The Labute approximate surface area is 208 Å². The van der Waals surface area contributed by atoms with Gasteiger partial charge in [0.2, 0.25) is 0 Å². The van der Waals surface area contributed by atoms with E-state index in [-0.39, 0.29) is 24.3 Å². The zero-order chi connectivity index (χ0) is 25.9. The summed E-state index contributed by atoms with van der Waals surface area (Å²) < 4.78 is 27.4. The van der Waals surface area contributed by atoms with Crippen molar-refractivity contribution in [1.82, 2.24) is 14.5 Å². The number of anilines is 1. The number of methoxy groups -OCH3 is 1. The number of carbonyl (C=O) groups is 1. The molecule has 0 N–H and O–H groups in total. The number of nitriles is 1. The van der Waals surface area contributed by atoms with Crippen molar-refractivity contribution in [2.24, 2.45) is 0 Å². The zero-order valence-corrected chi connectivity index (χ0v) is 20.5. The number of amides is 1. The van der Waals surface area contributed by atoms with Gasteiger partial charge in [-0.05, 0) is 39.0 Å². The third-order valence-corrected chi connectivity index (χ3v) is 5.46. The van der Waals surface area contributed by atoms with Crippen molar-refractivity contribution < 1.29 is 18.7 Å². The van der Waals surface area contributed by atoms with Gasteiger partial charge in [-0.25, -0.2) is 19.2 Å². The summed E-state index contributed by atoms with van der Waals surface area (Å²) in [6.45, 7) is 5.49. The van der Waals surface area contributed by atoms with Crippen LogP contribution < -0.4 is 9.64 Å². The predicted molar refractivity (Wildman–Crippen MR) is 134 cm³/mol. The SMILES string of the molecule is COc1ccc(F)c2c1cc(C#N)n2CCN(C(=O)OC(C)(C)C)c1cc(-c2ccccc2)ncn1. The van der Waals surface area contributed by atoms with Crippen LogP contribution >= 0.6 is 0 Å². The Balaban J connectivity index is 1.74. The van der Waals surface area contributed by atoms with Crippen molar-refractivity contribution in [2.45, 2.75) is 32.9 Å². The lowest BCUT2D eigenvalue weighted by molar-refractivity contribution is 0.0578. The highest BCUT2D eigenvalue weighted by molar-refractivity contribution is 5.89. The molecule has 2 aromatic carbocycles. The minimum atomic E-state index is -0.748. The van der Waals surface area contributed by atoms with E-state index in [1.807, 2.05) is 30.3 Å². The topological polar surface area (TPSA) is 93.3 Å². The van der Waals surface area contributed by atoms with Crippen LogP contribution in [-0.4, -0.2) is 39.9 Å². The fraction of sp³-hybridized carbons (Fsp3) is 0.259. The van der Waals surface area contributed by atoms with Gasteiger partial charge in [-0.3, -0.25) is 4.90 Å². The van der Waals surface area contributed by atoms with Crippen LogP contribution in [0.1, 0.15) is 26.5 Å². The Bertz CT molecular complexity index is 1440. The number of hydrogen-bond donors (Lipinski definition) is 0. The second-order valence-corrected chi connectivity index (χ2v) is 9.06. The molecule has 0 unspecified atom stereocenters. The predicted octanol–water partition coefficient (Wildman–Crippen LogP) is 5.56. The number of halogens is 1. The van der Waals surface area contributed by atoms with Crippen molar-refractivity contribution in [3.05, 3.63) is 72.4 Å². The molecule has 36 heavy (non-hydrogen) atoms. The second-order valence-electron chi connectivity index (χ2n) is 9.06. The Morgan fingerprint density at radius 2 is 1.89 bits per heavy atom. The molecule has 9 heteroatoms. The number of ether oxygens (including phenoxy) is 2. The van der Waals surface area contributed by atoms with Gasteiger partial charge < -0.3 is 14.0 Å². The Morgan fingerprint density at radius 1 is 1.14 bits per heavy atom. The summed E-state index contributed by atoms with van der Waals surface area (Å²) in [5, 5.41) is 10.2. The summed E-state index contributed by atoms with van der Waals surface area (Å²) in [6, 6.07) is 17.7. The number of carbonyl (C=O) groups excluding carboxylic acids is 1. The average molecular weight is 488 g/mol. The van der Waals surface area contributed by atoms with Gasteiger partial charge in [0.05, 0.1) is 18.3 Å². The molecule has 2 aromatic heterocycles. The molecular formula is C27H26FN5O3. The normalized spacial score (nSPS) is 11.2. The summed E-state index contributed by atoms with van der Waals surface area (Å²) in [5.41, 5.74) is 1.21. The minimum absolute atomic E-state index is 0.0647. The molecular weight excluding hydrogens is 461 g/mol. The first-order chi connectivity index (χ1) is 17.2. The summed E-state index contributed by atoms with van der Waals surface area (Å²) in [5.74, 6) is 0.282. The third kappa shape index (κ3) is 5.13. The lowest BCUT2D eigenvalue weighted by atomic mass is 10.1. The molecule has 0 saturated carbocycles. The highest BCUT2D eigenvalue weighted by atomic mass is 19.1. The summed E-state index contributed by atoms with van der Waals surface area (Å²) >= 11 is 0. The van der Waals surface area contributed by atoms with Gasteiger partial charge in [0.1, 0.15) is 41.1 Å². The first kappa shape index (κ1) is 24.7. The van der Waals surface area contributed by atoms with Crippen LogP contribution in [0.5, 0.6) is 5.75 Å². The summed E-state index contributed by atoms with van der Waals surface area (Å²) in [6.07, 6.45) is 0.763. The average Bonchev–Trinajstić information content (AvgIpc) is 3.23. The van der Waals surface area contributed by atoms with E-state index in [1.54, 1.807) is 32.9 Å². The molecule has 0 fully saturated rings. The van der Waals surface area contributed by atoms with Crippen molar-refractivity contribution in [3.8, 4) is 23.1 Å². The largest absolute Gasteiger partial charge is 0.496 e. The van der Waals surface area contributed by atoms with Crippen molar-refractivity contribution in [3.63, 3.8) is 0 Å². The van der Waals surface area contributed by atoms with Gasteiger partial charge in [0.15, 0.2) is 0 Å². The van der Waals surface area contributed by atoms with Crippen LogP contribution in [0.3, 0.4) is 0 Å². The number of aromatic nitrogens is 3. The molecule has 0 saturated heterocycles. The fourth-order valence-corrected chi connectivity index (χ4v) is 3.89. The first-order valence-electron chi connectivity index (χ1n) is 11.4. The molecule has 0 atom stereocenters. The molecule has 0 aliphatic carbocycles. The molecule has 4 aromatic rings. The molecule has 0 bridgehead atoms. The van der Waals surface area contributed by atoms with Gasteiger partial charge >= 0.3 is 6.09 Å². The van der Waals surface area contributed by atoms with Gasteiger partial charge in [0, 0.05) is 30.1 Å². The standard InChI is InChI=1S/C27H26FN5O3/c1-27(2,3)36-26(34)33(24-15-22(30-17-31-24)18-8-6-5-7-9-18)13-12-32-19(16-29)14-20-23(35-4)11-10-21(28)25(20)32/h5-11,14-15,17H,12-13H2,1-4H3. The number of nitrogens with zero attached hydrogens (tertiary/aromatic N) is 5. The first-order valence-corrected chi connectivity index (χ1v) is 11.4. The van der Waals surface area contributed by atoms with E-state index in [1.165, 1.54) is 35.0 Å². The van der Waals surface area contributed by atoms with Gasteiger partial charge in [-0.1, -0.05) is 30.3 Å². The fourth-order valence-electron chi connectivity index (χ4n) is 3.89. The second kappa shape index (κ2) is 10.0. The van der Waals surface area contributed by atoms with Crippen LogP contribution in [0.2, 0.25) is 0 Å². The molecule has 1 amide bonds. The quantitative estimate of drug-likeness (QED) is 0.354. The van der Waals surface area contributed by atoms with Crippen molar-refractivity contribution >= 4 is 22.8 Å². The summed E-state index contributed by atoms with van der Waals surface area (Å²) in [4.78, 5) is 23.2. The number of rotatable bonds is 6. The van der Waals surface area contributed by atoms with Gasteiger partial charge in [-0.2, -0.15) is 5.26 Å². The molecule has 0 aliphatic heterocycles. The molecule has 184 valence electrons. The highest BCUT2D eigenvalue weighted by Crippen LogP contribution is 2.31. The van der Waals surface area contributed by atoms with Crippen LogP contribution in [0.25, 0.3) is 22.2 Å². The Morgan fingerprint density at radius 3 is 2.56 bits per heavy atom. The van der Waals surface area contributed by atoms with E-state index in [0.29, 0.717) is 22.6 Å². The van der Waals surface area contributed by atoms with Crippen LogP contribution in [0.4, 0.5) is 15.0 Å². The van der Waals surface area contributed by atoms with Gasteiger partial charge in [-0.15, -0.1) is 0 Å². The molecule has 0 spiro atoms. The maximum atomic E-state index is 14.9. The minimum Gasteiger partial charge on any atom is -0.496 e. The maximum absolute atomic E-state index is 14.9. The smallest absolute Gasteiger partial charge is 0.416 e. The maximum Gasteiger partial charge on any atom is 0.416 e. The molecule has 2 heterocycles. The lowest BCUT2D eigenvalue weighted by Gasteiger charge is -2.27. The van der Waals surface area contributed by atoms with E-state index >= 15 is 0 Å². The van der Waals surface area contributed by atoms with Crippen LogP contribution in [0, 0.1) is 17.1 Å². The Kier molecular flexibility index (Phi) is 6.88. The lowest BCUT2D eigenvalue weighted by Crippen LogP contribution is -2.39. The monoisotopic (exact) mass is 487 g/mol. The van der Waals surface area contributed by atoms with E-state index in [4.69, 9.17) is 9.47 Å². The van der Waals surface area contributed by atoms with E-state index < -0.39 is 17.5 Å². The Hall–Kier alpha value is -4.45. The number of hydrogen-bond acceptors (Lipinski definition) is 6. The molecule has 0 aliphatic rings. The van der Waals surface area contributed by atoms with Crippen LogP contribution in [0.15, 0.2) is 60.9 Å². The molecule has 0 radical (unpaired) electrons. The third-order valence-electron chi connectivity index (χ3n) is 5.46. The highest BCUT2D eigenvalue weighted by Gasteiger charge is 2.26. The van der Waals surface area contributed by atoms with Crippen molar-refractivity contribution in [2.75, 3.05) is 18.6 Å². The molecule has 8 nitrogen and oxygen atoms in total. The van der Waals surface area contributed by atoms with Crippen molar-refractivity contribution in [1.29, 1.82) is 5.26 Å². The van der Waals surface area contributed by atoms with E-state index in [0.717, 1.165) is 5.56 Å².